The molecule has 0 saturated carbocycles. The second kappa shape index (κ2) is 6.19. The summed E-state index contributed by atoms with van der Waals surface area (Å²) < 4.78 is 5.36. The zero-order chi connectivity index (χ0) is 18.3. The lowest BCUT2D eigenvalue weighted by molar-refractivity contribution is 0.416. The Hall–Kier alpha value is -3.34. The molecule has 0 saturated heterocycles. The van der Waals surface area contributed by atoms with E-state index in [1.54, 1.807) is 31.4 Å². The molecule has 0 fully saturated rings. The van der Waals surface area contributed by atoms with Crippen LogP contribution in [0.2, 0.25) is 0 Å². The number of methoxy groups -OCH3 is 1. The lowest BCUT2D eigenvalue weighted by Gasteiger charge is -2.23. The van der Waals surface area contributed by atoms with Gasteiger partial charge in [-0.15, -0.1) is 0 Å². The third-order valence-electron chi connectivity index (χ3n) is 4.70. The lowest BCUT2D eigenvalue weighted by atomic mass is 9.84. The molecule has 130 valence electrons. The van der Waals surface area contributed by atoms with Gasteiger partial charge in [0, 0.05) is 16.5 Å². The highest BCUT2D eigenvalue weighted by atomic mass is 16.5. The standard InChI is InChI=1S/C21H18N2O3/c1-26-17-9-5-4-8-15(17)23-16-11-10-14(22)18-19(16)21(25)13-7-3-2-6-12(13)20(18)24/h2-9,22,24-25H,10-11H2,1H3. The Morgan fingerprint density at radius 1 is 0.885 bits per heavy atom. The Labute approximate surface area is 150 Å². The molecule has 3 aromatic carbocycles. The molecule has 3 N–H and O–H groups in total. The van der Waals surface area contributed by atoms with Crippen LogP contribution in [0.1, 0.15) is 24.0 Å². The zero-order valence-electron chi connectivity index (χ0n) is 14.3. The normalized spacial score (nSPS) is 15.3. The number of hydrogen-bond donors (Lipinski definition) is 3. The van der Waals surface area contributed by atoms with Crippen molar-refractivity contribution in [3.05, 3.63) is 59.7 Å². The summed E-state index contributed by atoms with van der Waals surface area (Å²) in [5.74, 6) is 0.698. The average Bonchev–Trinajstić information content (AvgIpc) is 2.67. The van der Waals surface area contributed by atoms with Gasteiger partial charge in [0.2, 0.25) is 0 Å². The van der Waals surface area contributed by atoms with E-state index in [9.17, 15) is 10.2 Å². The van der Waals surface area contributed by atoms with Gasteiger partial charge < -0.3 is 20.4 Å². The third-order valence-corrected chi connectivity index (χ3v) is 4.70. The molecule has 0 amide bonds. The van der Waals surface area contributed by atoms with Crippen molar-refractivity contribution in [1.82, 2.24) is 0 Å². The third kappa shape index (κ3) is 2.40. The molecule has 0 atom stereocenters. The first kappa shape index (κ1) is 16.1. The Morgan fingerprint density at radius 2 is 1.50 bits per heavy atom. The second-order valence-corrected chi connectivity index (χ2v) is 6.20. The molecule has 3 aromatic rings. The van der Waals surface area contributed by atoms with E-state index in [1.807, 2.05) is 24.3 Å². The van der Waals surface area contributed by atoms with E-state index in [4.69, 9.17) is 15.1 Å². The molecule has 0 unspecified atom stereocenters. The van der Waals surface area contributed by atoms with Crippen molar-refractivity contribution < 1.29 is 14.9 Å². The van der Waals surface area contributed by atoms with Gasteiger partial charge in [0.25, 0.3) is 0 Å². The maximum Gasteiger partial charge on any atom is 0.144 e. The quantitative estimate of drug-likeness (QED) is 0.595. The first-order valence-corrected chi connectivity index (χ1v) is 8.37. The van der Waals surface area contributed by atoms with Crippen LogP contribution in [0, 0.1) is 5.41 Å². The highest BCUT2D eigenvalue weighted by Crippen LogP contribution is 2.43. The number of para-hydroxylation sites is 2. The van der Waals surface area contributed by atoms with Crippen molar-refractivity contribution in [2.45, 2.75) is 12.8 Å². The smallest absolute Gasteiger partial charge is 0.144 e. The molecule has 0 radical (unpaired) electrons. The molecule has 0 aromatic heterocycles. The average molecular weight is 346 g/mol. The maximum absolute atomic E-state index is 10.9. The fourth-order valence-electron chi connectivity index (χ4n) is 3.45. The topological polar surface area (TPSA) is 85.9 Å². The van der Waals surface area contributed by atoms with E-state index < -0.39 is 0 Å². The van der Waals surface area contributed by atoms with Crippen LogP contribution in [-0.4, -0.2) is 28.7 Å². The van der Waals surface area contributed by atoms with Gasteiger partial charge in [-0.3, -0.25) is 0 Å². The van der Waals surface area contributed by atoms with E-state index in [1.165, 1.54) is 0 Å². The summed E-state index contributed by atoms with van der Waals surface area (Å²) in [5.41, 5.74) is 2.39. The SMILES string of the molecule is COc1ccccc1N=C1CCC(=N)c2c1c(O)c1ccccc1c2O. The van der Waals surface area contributed by atoms with Crippen molar-refractivity contribution in [2.24, 2.45) is 4.99 Å². The van der Waals surface area contributed by atoms with Crippen molar-refractivity contribution in [3.8, 4) is 17.2 Å². The van der Waals surface area contributed by atoms with Crippen molar-refractivity contribution in [2.75, 3.05) is 7.11 Å². The Kier molecular flexibility index (Phi) is 3.84. The largest absolute Gasteiger partial charge is 0.507 e. The van der Waals surface area contributed by atoms with Crippen LogP contribution in [-0.2, 0) is 0 Å². The summed E-state index contributed by atoms with van der Waals surface area (Å²) in [6.45, 7) is 0. The van der Waals surface area contributed by atoms with Crippen molar-refractivity contribution in [3.63, 3.8) is 0 Å². The predicted molar refractivity (Wildman–Crippen MR) is 103 cm³/mol. The minimum absolute atomic E-state index is 0.0193. The molecule has 5 nitrogen and oxygen atoms in total. The van der Waals surface area contributed by atoms with E-state index >= 15 is 0 Å². The molecule has 0 bridgehead atoms. The number of aromatic hydroxyl groups is 2. The minimum atomic E-state index is 0.0193. The second-order valence-electron chi connectivity index (χ2n) is 6.20. The van der Waals surface area contributed by atoms with Crippen LogP contribution < -0.4 is 4.74 Å². The van der Waals surface area contributed by atoms with Crippen LogP contribution in [0.5, 0.6) is 17.2 Å². The number of hydrogen-bond acceptors (Lipinski definition) is 5. The summed E-state index contributed by atoms with van der Waals surface area (Å²) in [6, 6.07) is 14.5. The number of benzene rings is 3. The number of phenols is 2. The maximum atomic E-state index is 10.9. The van der Waals surface area contributed by atoms with Crippen LogP contribution >= 0.6 is 0 Å². The molecule has 0 heterocycles. The molecule has 4 rings (SSSR count). The molecule has 1 aliphatic carbocycles. The fraction of sp³-hybridized carbons (Fsp3) is 0.143. The summed E-state index contributed by atoms with van der Waals surface area (Å²) in [4.78, 5) is 4.70. The van der Waals surface area contributed by atoms with Gasteiger partial charge in [-0.2, -0.15) is 0 Å². The minimum Gasteiger partial charge on any atom is -0.507 e. The van der Waals surface area contributed by atoms with Gasteiger partial charge in [-0.25, -0.2) is 4.99 Å². The van der Waals surface area contributed by atoms with Crippen LogP contribution in [0.4, 0.5) is 5.69 Å². The Bertz CT molecular complexity index is 1070. The Balaban J connectivity index is 2.02. The predicted octanol–water partition coefficient (Wildman–Crippen LogP) is 4.54. The molecular formula is C21H18N2O3. The highest BCUT2D eigenvalue weighted by molar-refractivity contribution is 6.23. The fourth-order valence-corrected chi connectivity index (χ4v) is 3.45. The molecular weight excluding hydrogens is 328 g/mol. The summed E-state index contributed by atoms with van der Waals surface area (Å²) in [6.07, 6.45) is 0.960. The monoisotopic (exact) mass is 346 g/mol. The van der Waals surface area contributed by atoms with Gasteiger partial charge in [0.15, 0.2) is 0 Å². The molecule has 1 aliphatic rings. The van der Waals surface area contributed by atoms with Crippen LogP contribution in [0.25, 0.3) is 10.8 Å². The van der Waals surface area contributed by atoms with Crippen molar-refractivity contribution in [1.29, 1.82) is 5.41 Å². The van der Waals surface area contributed by atoms with Gasteiger partial charge in [0.1, 0.15) is 22.9 Å². The van der Waals surface area contributed by atoms with E-state index in [0.717, 1.165) is 0 Å². The van der Waals surface area contributed by atoms with Crippen LogP contribution in [0.3, 0.4) is 0 Å². The number of nitrogens with zero attached hydrogens (tertiary/aromatic N) is 1. The van der Waals surface area contributed by atoms with E-state index in [-0.39, 0.29) is 11.5 Å². The number of ether oxygens (including phenoxy) is 1. The summed E-state index contributed by atoms with van der Waals surface area (Å²) in [7, 11) is 1.58. The number of phenolic OH excluding ortho intramolecular Hbond substituents is 2. The molecule has 5 heteroatoms. The lowest BCUT2D eigenvalue weighted by Crippen LogP contribution is -2.18. The van der Waals surface area contributed by atoms with Crippen molar-refractivity contribution >= 4 is 27.9 Å². The van der Waals surface area contributed by atoms with Gasteiger partial charge in [-0.1, -0.05) is 36.4 Å². The first-order chi connectivity index (χ1) is 12.6. The van der Waals surface area contributed by atoms with E-state index in [0.29, 0.717) is 57.6 Å². The number of fused-ring (bicyclic) bond motifs is 2. The van der Waals surface area contributed by atoms with Gasteiger partial charge >= 0.3 is 0 Å². The first-order valence-electron chi connectivity index (χ1n) is 8.37. The highest BCUT2D eigenvalue weighted by Gasteiger charge is 2.29. The molecule has 0 spiro atoms. The molecule has 0 aliphatic heterocycles. The molecule has 26 heavy (non-hydrogen) atoms. The number of rotatable bonds is 2. The number of nitrogens with one attached hydrogen (secondary N) is 1. The van der Waals surface area contributed by atoms with Gasteiger partial charge in [0.05, 0.1) is 23.9 Å². The summed E-state index contributed by atoms with van der Waals surface area (Å²) in [5, 5.41) is 31.0. The number of aliphatic imine (C=N–C) groups is 1. The van der Waals surface area contributed by atoms with Crippen LogP contribution in [0.15, 0.2) is 53.5 Å². The van der Waals surface area contributed by atoms with Gasteiger partial charge in [-0.05, 0) is 25.0 Å². The van der Waals surface area contributed by atoms with E-state index in [2.05, 4.69) is 0 Å². The summed E-state index contributed by atoms with van der Waals surface area (Å²) >= 11 is 0. The zero-order valence-corrected chi connectivity index (χ0v) is 14.3. The Morgan fingerprint density at radius 3 is 2.19 bits per heavy atom.